The standard InChI is InChI=1S/C16H28ClN3/c1-4-13-16(17)15(20(5-2)19-13)11-14(18-3)12-9-7-6-8-10-12/h12,14,18H,4-11H2,1-3H3. The molecule has 1 unspecified atom stereocenters. The molecule has 20 heavy (non-hydrogen) atoms. The van der Waals surface area contributed by atoms with Crippen LogP contribution < -0.4 is 5.32 Å². The third-order valence-electron chi connectivity index (χ3n) is 4.70. The van der Waals surface area contributed by atoms with Crippen molar-refractivity contribution < 1.29 is 0 Å². The van der Waals surface area contributed by atoms with Gasteiger partial charge in [-0.05, 0) is 39.2 Å². The molecule has 1 aliphatic rings. The maximum Gasteiger partial charge on any atom is 0.0850 e. The van der Waals surface area contributed by atoms with Crippen LogP contribution in [-0.4, -0.2) is 22.9 Å². The topological polar surface area (TPSA) is 29.9 Å². The van der Waals surface area contributed by atoms with Crippen LogP contribution in [0, 0.1) is 5.92 Å². The zero-order valence-electron chi connectivity index (χ0n) is 13.1. The van der Waals surface area contributed by atoms with E-state index in [0.717, 1.165) is 36.0 Å². The molecule has 4 heteroatoms. The molecule has 1 aromatic heterocycles. The molecule has 1 fully saturated rings. The molecule has 0 spiro atoms. The summed E-state index contributed by atoms with van der Waals surface area (Å²) < 4.78 is 2.09. The van der Waals surface area contributed by atoms with E-state index in [0.29, 0.717) is 6.04 Å². The van der Waals surface area contributed by atoms with Gasteiger partial charge in [0.25, 0.3) is 0 Å². The molecule has 1 aromatic rings. The van der Waals surface area contributed by atoms with E-state index in [2.05, 4.69) is 36.0 Å². The lowest BCUT2D eigenvalue weighted by Crippen LogP contribution is -2.37. The van der Waals surface area contributed by atoms with E-state index in [-0.39, 0.29) is 0 Å². The molecule has 0 aromatic carbocycles. The smallest absolute Gasteiger partial charge is 0.0850 e. The van der Waals surface area contributed by atoms with Crippen molar-refractivity contribution in [2.24, 2.45) is 5.92 Å². The first-order chi connectivity index (χ1) is 9.71. The molecule has 0 aliphatic heterocycles. The summed E-state index contributed by atoms with van der Waals surface area (Å²) in [6.07, 6.45) is 8.77. The second-order valence-corrected chi connectivity index (χ2v) is 6.25. The second kappa shape index (κ2) is 7.46. The highest BCUT2D eigenvalue weighted by Gasteiger charge is 2.25. The minimum Gasteiger partial charge on any atom is -0.316 e. The van der Waals surface area contributed by atoms with Crippen molar-refractivity contribution in [2.75, 3.05) is 7.05 Å². The number of rotatable bonds is 6. The minimum absolute atomic E-state index is 0.527. The van der Waals surface area contributed by atoms with Crippen LogP contribution in [0.25, 0.3) is 0 Å². The Morgan fingerprint density at radius 3 is 2.55 bits per heavy atom. The van der Waals surface area contributed by atoms with Crippen LogP contribution in [0.3, 0.4) is 0 Å². The van der Waals surface area contributed by atoms with Gasteiger partial charge in [-0.2, -0.15) is 5.10 Å². The summed E-state index contributed by atoms with van der Waals surface area (Å²) >= 11 is 6.54. The fourth-order valence-corrected chi connectivity index (χ4v) is 3.81. The monoisotopic (exact) mass is 297 g/mol. The lowest BCUT2D eigenvalue weighted by Gasteiger charge is -2.30. The van der Waals surface area contributed by atoms with Crippen molar-refractivity contribution >= 4 is 11.6 Å². The minimum atomic E-state index is 0.527. The maximum atomic E-state index is 6.54. The first-order valence-electron chi connectivity index (χ1n) is 8.12. The molecule has 1 saturated carbocycles. The zero-order valence-corrected chi connectivity index (χ0v) is 13.8. The van der Waals surface area contributed by atoms with E-state index in [1.54, 1.807) is 0 Å². The number of nitrogens with one attached hydrogen (secondary N) is 1. The number of aryl methyl sites for hydroxylation is 2. The Labute approximate surface area is 128 Å². The Morgan fingerprint density at radius 1 is 1.30 bits per heavy atom. The number of nitrogens with zero attached hydrogens (tertiary/aromatic N) is 2. The molecule has 3 nitrogen and oxygen atoms in total. The van der Waals surface area contributed by atoms with Gasteiger partial charge in [-0.25, -0.2) is 0 Å². The highest BCUT2D eigenvalue weighted by molar-refractivity contribution is 6.31. The van der Waals surface area contributed by atoms with Crippen molar-refractivity contribution in [3.63, 3.8) is 0 Å². The number of halogens is 1. The largest absolute Gasteiger partial charge is 0.316 e. The quantitative estimate of drug-likeness (QED) is 0.865. The summed E-state index contributed by atoms with van der Waals surface area (Å²) in [6, 6.07) is 0.527. The van der Waals surface area contributed by atoms with Crippen molar-refractivity contribution in [3.05, 3.63) is 16.4 Å². The maximum absolute atomic E-state index is 6.54. The Kier molecular flexibility index (Phi) is 5.91. The fourth-order valence-electron chi connectivity index (χ4n) is 3.46. The van der Waals surface area contributed by atoms with Crippen molar-refractivity contribution in [3.8, 4) is 0 Å². The van der Waals surface area contributed by atoms with Crippen LogP contribution in [0.1, 0.15) is 57.3 Å². The number of aromatic nitrogens is 2. The summed E-state index contributed by atoms with van der Waals surface area (Å²) in [5.74, 6) is 0.787. The first kappa shape index (κ1) is 15.8. The first-order valence-corrected chi connectivity index (χ1v) is 8.50. The predicted octanol–water partition coefficient (Wildman–Crippen LogP) is 3.83. The number of hydrogen-bond donors (Lipinski definition) is 1. The van der Waals surface area contributed by atoms with Crippen LogP contribution in [0.4, 0.5) is 0 Å². The fraction of sp³-hybridized carbons (Fsp3) is 0.812. The summed E-state index contributed by atoms with van der Waals surface area (Å²) in [4.78, 5) is 0. The van der Waals surface area contributed by atoms with E-state index in [9.17, 15) is 0 Å². The lowest BCUT2D eigenvalue weighted by atomic mass is 9.82. The Hall–Kier alpha value is -0.540. The summed E-state index contributed by atoms with van der Waals surface area (Å²) in [6.45, 7) is 5.16. The van der Waals surface area contributed by atoms with Gasteiger partial charge in [0.15, 0.2) is 0 Å². The van der Waals surface area contributed by atoms with Gasteiger partial charge in [-0.3, -0.25) is 4.68 Å². The lowest BCUT2D eigenvalue weighted by molar-refractivity contribution is 0.273. The molecule has 1 N–H and O–H groups in total. The van der Waals surface area contributed by atoms with Crippen LogP contribution in [0.15, 0.2) is 0 Å². The molecule has 0 amide bonds. The molecule has 1 aliphatic carbocycles. The molecule has 0 saturated heterocycles. The summed E-state index contributed by atoms with van der Waals surface area (Å²) in [5, 5.41) is 9.06. The number of likely N-dealkylation sites (N-methyl/N-ethyl adjacent to an activating group) is 1. The van der Waals surface area contributed by atoms with Crippen LogP contribution in [0.5, 0.6) is 0 Å². The molecule has 0 bridgehead atoms. The molecule has 1 atom stereocenters. The van der Waals surface area contributed by atoms with Gasteiger partial charge in [-0.15, -0.1) is 0 Å². The van der Waals surface area contributed by atoms with Gasteiger partial charge in [0, 0.05) is 19.0 Å². The summed E-state index contributed by atoms with van der Waals surface area (Å²) in [7, 11) is 2.08. The molecular formula is C16H28ClN3. The third kappa shape index (κ3) is 3.37. The highest BCUT2D eigenvalue weighted by atomic mass is 35.5. The highest BCUT2D eigenvalue weighted by Crippen LogP contribution is 2.30. The van der Waals surface area contributed by atoms with E-state index in [1.165, 1.54) is 37.8 Å². The van der Waals surface area contributed by atoms with E-state index < -0.39 is 0 Å². The van der Waals surface area contributed by atoms with Gasteiger partial charge >= 0.3 is 0 Å². The van der Waals surface area contributed by atoms with Crippen molar-refractivity contribution in [1.29, 1.82) is 0 Å². The van der Waals surface area contributed by atoms with Crippen molar-refractivity contribution in [1.82, 2.24) is 15.1 Å². The Morgan fingerprint density at radius 2 is 2.00 bits per heavy atom. The zero-order chi connectivity index (χ0) is 14.5. The predicted molar refractivity (Wildman–Crippen MR) is 85.4 cm³/mol. The van der Waals surface area contributed by atoms with Crippen LogP contribution >= 0.6 is 11.6 Å². The van der Waals surface area contributed by atoms with Gasteiger partial charge in [0.1, 0.15) is 0 Å². The third-order valence-corrected chi connectivity index (χ3v) is 5.13. The summed E-state index contributed by atoms with van der Waals surface area (Å²) in [5.41, 5.74) is 2.26. The van der Waals surface area contributed by atoms with Gasteiger partial charge in [-0.1, -0.05) is 37.8 Å². The van der Waals surface area contributed by atoms with Crippen LogP contribution in [0.2, 0.25) is 5.02 Å². The van der Waals surface area contributed by atoms with Crippen molar-refractivity contribution in [2.45, 2.75) is 71.4 Å². The Bertz CT molecular complexity index is 422. The van der Waals surface area contributed by atoms with E-state index >= 15 is 0 Å². The molecular weight excluding hydrogens is 270 g/mol. The van der Waals surface area contributed by atoms with Gasteiger partial charge < -0.3 is 5.32 Å². The average molecular weight is 298 g/mol. The van der Waals surface area contributed by atoms with E-state index in [1.807, 2.05) is 0 Å². The van der Waals surface area contributed by atoms with Gasteiger partial charge in [0.2, 0.25) is 0 Å². The number of hydrogen-bond acceptors (Lipinski definition) is 2. The Balaban J connectivity index is 2.15. The van der Waals surface area contributed by atoms with Crippen LogP contribution in [-0.2, 0) is 19.4 Å². The van der Waals surface area contributed by atoms with E-state index in [4.69, 9.17) is 11.6 Å². The second-order valence-electron chi connectivity index (χ2n) is 5.87. The molecule has 114 valence electrons. The molecule has 0 radical (unpaired) electrons. The molecule has 2 rings (SSSR count). The molecule has 1 heterocycles. The van der Waals surface area contributed by atoms with Gasteiger partial charge in [0.05, 0.1) is 16.4 Å². The average Bonchev–Trinajstić information content (AvgIpc) is 2.81. The normalized spacial score (nSPS) is 18.4. The SMILES string of the molecule is CCc1nn(CC)c(CC(NC)C2CCCCC2)c1Cl.